The lowest BCUT2D eigenvalue weighted by molar-refractivity contribution is 1.71. The molecule has 0 bridgehead atoms. The lowest BCUT2D eigenvalue weighted by Gasteiger charge is -2.14. The van der Waals surface area contributed by atoms with Crippen LogP contribution in [0.5, 0.6) is 0 Å². The van der Waals surface area contributed by atoms with Gasteiger partial charge in [-0.1, -0.05) is 73.3 Å². The number of benzene rings is 4. The summed E-state index contributed by atoms with van der Waals surface area (Å²) in [5.41, 5.74) is 2.48. The van der Waals surface area contributed by atoms with E-state index >= 15 is 0 Å². The maximum atomic E-state index is 3.95. The second kappa shape index (κ2) is 4.46. The molecule has 0 unspecified atom stereocenters. The van der Waals surface area contributed by atoms with Crippen LogP contribution in [0.1, 0.15) is 18.1 Å². The topological polar surface area (TPSA) is 0 Å². The maximum Gasteiger partial charge on any atom is -0.00206 e. The first-order valence-corrected chi connectivity index (χ1v) is 7.29. The predicted molar refractivity (Wildman–Crippen MR) is 94.9 cm³/mol. The molecule has 0 spiro atoms. The number of hydrogen-bond acceptors (Lipinski definition) is 0. The molecular weight excluding hydrogens is 252 g/mol. The molecular formula is C21H16. The van der Waals surface area contributed by atoms with Gasteiger partial charge in [0.2, 0.25) is 0 Å². The SMILES string of the molecule is C=Cc1ccc2ccc3c(/C=C/C)ccc4ccc1c2c43. The minimum atomic E-state index is 1.20. The first-order valence-electron chi connectivity index (χ1n) is 7.29. The Kier molecular flexibility index (Phi) is 2.58. The van der Waals surface area contributed by atoms with Crippen molar-refractivity contribution in [2.75, 3.05) is 0 Å². The predicted octanol–water partition coefficient (Wildman–Crippen LogP) is 6.26. The van der Waals surface area contributed by atoms with Crippen LogP contribution in [0.15, 0.2) is 61.2 Å². The van der Waals surface area contributed by atoms with E-state index in [2.05, 4.69) is 74.2 Å². The van der Waals surface area contributed by atoms with Crippen molar-refractivity contribution in [1.29, 1.82) is 0 Å². The molecule has 100 valence electrons. The lowest BCUT2D eigenvalue weighted by atomic mass is 9.90. The Hall–Kier alpha value is -2.60. The maximum absolute atomic E-state index is 3.95. The van der Waals surface area contributed by atoms with Crippen LogP contribution in [0, 0.1) is 0 Å². The fourth-order valence-corrected chi connectivity index (χ4v) is 3.35. The minimum Gasteiger partial charge on any atom is -0.0984 e. The van der Waals surface area contributed by atoms with Gasteiger partial charge in [-0.05, 0) is 50.4 Å². The number of hydrogen-bond donors (Lipinski definition) is 0. The van der Waals surface area contributed by atoms with Crippen LogP contribution in [0.2, 0.25) is 0 Å². The van der Waals surface area contributed by atoms with E-state index in [1.807, 2.05) is 6.08 Å². The average molecular weight is 268 g/mol. The van der Waals surface area contributed by atoms with Crippen LogP contribution in [-0.2, 0) is 0 Å². The van der Waals surface area contributed by atoms with Crippen molar-refractivity contribution < 1.29 is 0 Å². The van der Waals surface area contributed by atoms with Crippen molar-refractivity contribution in [2.24, 2.45) is 0 Å². The molecule has 4 aromatic rings. The first-order chi connectivity index (χ1) is 10.3. The summed E-state index contributed by atoms with van der Waals surface area (Å²) in [5.74, 6) is 0. The molecule has 0 aliphatic carbocycles. The van der Waals surface area contributed by atoms with Crippen LogP contribution in [0.4, 0.5) is 0 Å². The minimum absolute atomic E-state index is 1.20. The molecule has 0 aromatic heterocycles. The largest absolute Gasteiger partial charge is 0.0984 e. The third kappa shape index (κ3) is 1.62. The summed E-state index contributed by atoms with van der Waals surface area (Å²) in [7, 11) is 0. The van der Waals surface area contributed by atoms with E-state index in [-0.39, 0.29) is 0 Å². The van der Waals surface area contributed by atoms with Crippen molar-refractivity contribution in [3.63, 3.8) is 0 Å². The second-order valence-corrected chi connectivity index (χ2v) is 5.44. The van der Waals surface area contributed by atoms with E-state index in [1.165, 1.54) is 43.4 Å². The Labute approximate surface area is 124 Å². The third-order valence-electron chi connectivity index (χ3n) is 4.30. The standard InChI is InChI=1S/C21H16/c1-3-5-15-7-9-17-10-12-18-14(4-2)6-8-16-11-13-19(15)21(17)20(16)18/h3-13H,2H2,1H3/b5-3+. The normalized spacial score (nSPS) is 12.0. The van der Waals surface area contributed by atoms with Gasteiger partial charge in [0.25, 0.3) is 0 Å². The highest BCUT2D eigenvalue weighted by Crippen LogP contribution is 2.37. The molecule has 0 atom stereocenters. The summed E-state index contributed by atoms with van der Waals surface area (Å²) >= 11 is 0. The summed E-state index contributed by atoms with van der Waals surface area (Å²) in [5, 5.41) is 7.94. The molecule has 0 heteroatoms. The van der Waals surface area contributed by atoms with Gasteiger partial charge in [0, 0.05) is 0 Å². The van der Waals surface area contributed by atoms with Gasteiger partial charge in [-0.25, -0.2) is 0 Å². The highest BCUT2D eigenvalue weighted by atomic mass is 14.1. The van der Waals surface area contributed by atoms with E-state index in [0.717, 1.165) is 0 Å². The Morgan fingerprint density at radius 1 is 0.714 bits per heavy atom. The van der Waals surface area contributed by atoms with Gasteiger partial charge in [0.05, 0.1) is 0 Å². The van der Waals surface area contributed by atoms with E-state index < -0.39 is 0 Å². The summed E-state index contributed by atoms with van der Waals surface area (Å²) in [6, 6.07) is 17.7. The van der Waals surface area contributed by atoms with Gasteiger partial charge >= 0.3 is 0 Å². The van der Waals surface area contributed by atoms with Crippen LogP contribution >= 0.6 is 0 Å². The van der Waals surface area contributed by atoms with Gasteiger partial charge in [-0.3, -0.25) is 0 Å². The average Bonchev–Trinajstić information content (AvgIpc) is 2.54. The molecule has 0 radical (unpaired) electrons. The van der Waals surface area contributed by atoms with Gasteiger partial charge in [0.15, 0.2) is 0 Å². The first kappa shape index (κ1) is 12.2. The van der Waals surface area contributed by atoms with Crippen LogP contribution < -0.4 is 0 Å². The number of allylic oxidation sites excluding steroid dienone is 1. The zero-order valence-corrected chi connectivity index (χ0v) is 12.1. The van der Waals surface area contributed by atoms with E-state index in [1.54, 1.807) is 0 Å². The Morgan fingerprint density at radius 2 is 1.24 bits per heavy atom. The van der Waals surface area contributed by atoms with Crippen molar-refractivity contribution >= 4 is 44.5 Å². The Morgan fingerprint density at radius 3 is 1.81 bits per heavy atom. The second-order valence-electron chi connectivity index (χ2n) is 5.44. The highest BCUT2D eigenvalue weighted by Gasteiger charge is 2.11. The molecule has 0 aliphatic heterocycles. The van der Waals surface area contributed by atoms with Crippen LogP contribution in [-0.4, -0.2) is 0 Å². The van der Waals surface area contributed by atoms with Gasteiger partial charge in [-0.15, -0.1) is 0 Å². The van der Waals surface area contributed by atoms with Gasteiger partial charge in [0.1, 0.15) is 0 Å². The molecule has 0 heterocycles. The van der Waals surface area contributed by atoms with Crippen molar-refractivity contribution in [3.05, 3.63) is 72.3 Å². The van der Waals surface area contributed by atoms with Gasteiger partial charge < -0.3 is 0 Å². The van der Waals surface area contributed by atoms with Crippen molar-refractivity contribution in [1.82, 2.24) is 0 Å². The molecule has 4 aromatic carbocycles. The van der Waals surface area contributed by atoms with Crippen molar-refractivity contribution in [2.45, 2.75) is 6.92 Å². The lowest BCUT2D eigenvalue weighted by Crippen LogP contribution is -1.87. The molecule has 0 N–H and O–H groups in total. The molecule has 0 saturated heterocycles. The molecule has 0 fully saturated rings. The zero-order valence-electron chi connectivity index (χ0n) is 12.1. The quantitative estimate of drug-likeness (QED) is 0.376. The monoisotopic (exact) mass is 268 g/mol. The molecule has 0 aliphatic rings. The third-order valence-corrected chi connectivity index (χ3v) is 4.30. The molecule has 4 rings (SSSR count). The van der Waals surface area contributed by atoms with Crippen LogP contribution in [0.25, 0.3) is 44.5 Å². The smallest absolute Gasteiger partial charge is 0.00206 e. The molecule has 0 nitrogen and oxygen atoms in total. The van der Waals surface area contributed by atoms with Crippen LogP contribution in [0.3, 0.4) is 0 Å². The van der Waals surface area contributed by atoms with E-state index in [4.69, 9.17) is 0 Å². The Bertz CT molecular complexity index is 1000. The summed E-state index contributed by atoms with van der Waals surface area (Å²) in [4.78, 5) is 0. The van der Waals surface area contributed by atoms with E-state index in [9.17, 15) is 0 Å². The summed E-state index contributed by atoms with van der Waals surface area (Å²) in [6.45, 7) is 6.01. The Balaban J connectivity index is 2.33. The highest BCUT2D eigenvalue weighted by molar-refractivity contribution is 6.25. The molecule has 21 heavy (non-hydrogen) atoms. The fourth-order valence-electron chi connectivity index (χ4n) is 3.35. The molecule has 0 amide bonds. The van der Waals surface area contributed by atoms with E-state index in [0.29, 0.717) is 0 Å². The summed E-state index contributed by atoms with van der Waals surface area (Å²) in [6.07, 6.45) is 6.22. The molecule has 0 saturated carbocycles. The van der Waals surface area contributed by atoms with Gasteiger partial charge in [-0.2, -0.15) is 0 Å². The summed E-state index contributed by atoms with van der Waals surface area (Å²) < 4.78 is 0. The number of rotatable bonds is 2. The van der Waals surface area contributed by atoms with Crippen molar-refractivity contribution in [3.8, 4) is 0 Å². The zero-order chi connectivity index (χ0) is 14.4. The fraction of sp³-hybridized carbons (Fsp3) is 0.0476.